The van der Waals surface area contributed by atoms with Crippen molar-refractivity contribution in [2.24, 2.45) is 0 Å². The Balaban J connectivity index is 1.61. The van der Waals surface area contributed by atoms with Gasteiger partial charge in [0.25, 0.3) is 5.56 Å². The molecular weight excluding hydrogens is 506 g/mol. The van der Waals surface area contributed by atoms with Crippen LogP contribution in [0.25, 0.3) is 16.6 Å². The molecule has 0 radical (unpaired) electrons. The summed E-state index contributed by atoms with van der Waals surface area (Å²) in [6.45, 7) is 0. The quantitative estimate of drug-likeness (QED) is 0.273. The SMILES string of the molecule is COc1ccc(NC(=O)CSc2nc3ccccc3c(=O)n2-c2ccc(Br)cc2)cc1OC. The molecule has 9 heteroatoms. The van der Waals surface area contributed by atoms with Gasteiger partial charge >= 0.3 is 0 Å². The fourth-order valence-corrected chi connectivity index (χ4v) is 4.35. The predicted molar refractivity (Wildman–Crippen MR) is 134 cm³/mol. The largest absolute Gasteiger partial charge is 0.493 e. The molecule has 7 nitrogen and oxygen atoms in total. The molecule has 1 heterocycles. The Morgan fingerprint density at radius 2 is 1.76 bits per heavy atom. The van der Waals surface area contributed by atoms with Crippen molar-refractivity contribution in [2.75, 3.05) is 25.3 Å². The number of para-hydroxylation sites is 1. The van der Waals surface area contributed by atoms with Gasteiger partial charge in [-0.1, -0.05) is 39.8 Å². The second-order valence-corrected chi connectivity index (χ2v) is 8.79. The third-order valence-corrected chi connectivity index (χ3v) is 6.30. The number of hydrogen-bond donors (Lipinski definition) is 1. The predicted octanol–water partition coefficient (Wildman–Crippen LogP) is 4.90. The van der Waals surface area contributed by atoms with E-state index in [1.165, 1.54) is 23.4 Å². The van der Waals surface area contributed by atoms with E-state index in [1.807, 2.05) is 30.3 Å². The first-order valence-corrected chi connectivity index (χ1v) is 11.7. The number of carbonyl (C=O) groups excluding carboxylic acids is 1. The van der Waals surface area contributed by atoms with Gasteiger partial charge in [0.15, 0.2) is 16.7 Å². The molecule has 0 spiro atoms. The van der Waals surface area contributed by atoms with Crippen molar-refractivity contribution in [3.05, 3.63) is 81.6 Å². The monoisotopic (exact) mass is 525 g/mol. The van der Waals surface area contributed by atoms with Gasteiger partial charge in [-0.15, -0.1) is 0 Å². The molecule has 1 N–H and O–H groups in total. The fourth-order valence-electron chi connectivity index (χ4n) is 3.27. The number of methoxy groups -OCH3 is 2. The minimum atomic E-state index is -0.239. The second-order valence-electron chi connectivity index (χ2n) is 6.94. The summed E-state index contributed by atoms with van der Waals surface area (Å²) in [5.41, 5.74) is 1.64. The van der Waals surface area contributed by atoms with Gasteiger partial charge in [0.05, 0.1) is 36.6 Å². The van der Waals surface area contributed by atoms with Gasteiger partial charge in [0.2, 0.25) is 5.91 Å². The van der Waals surface area contributed by atoms with Crippen molar-refractivity contribution in [1.82, 2.24) is 9.55 Å². The minimum absolute atomic E-state index is 0.0651. The number of rotatable bonds is 7. The summed E-state index contributed by atoms with van der Waals surface area (Å²) in [6, 6.07) is 19.7. The minimum Gasteiger partial charge on any atom is -0.493 e. The Morgan fingerprint density at radius 3 is 2.48 bits per heavy atom. The topological polar surface area (TPSA) is 82.5 Å². The fraction of sp³-hybridized carbons (Fsp3) is 0.125. The van der Waals surface area contributed by atoms with Gasteiger partial charge in [-0.05, 0) is 48.5 Å². The maximum atomic E-state index is 13.3. The van der Waals surface area contributed by atoms with Crippen LogP contribution in [0.5, 0.6) is 11.5 Å². The molecule has 0 bridgehead atoms. The Kier molecular flexibility index (Phi) is 7.00. The summed E-state index contributed by atoms with van der Waals surface area (Å²) in [5, 5.41) is 3.79. The van der Waals surface area contributed by atoms with Gasteiger partial charge in [-0.25, -0.2) is 4.98 Å². The van der Waals surface area contributed by atoms with Crippen LogP contribution >= 0.6 is 27.7 Å². The van der Waals surface area contributed by atoms with E-state index in [9.17, 15) is 9.59 Å². The van der Waals surface area contributed by atoms with E-state index in [0.29, 0.717) is 38.9 Å². The van der Waals surface area contributed by atoms with Crippen LogP contribution in [0.3, 0.4) is 0 Å². The molecule has 0 saturated heterocycles. The van der Waals surface area contributed by atoms with Crippen LogP contribution in [0.1, 0.15) is 0 Å². The van der Waals surface area contributed by atoms with E-state index in [0.717, 1.165) is 4.47 Å². The Bertz CT molecular complexity index is 1370. The van der Waals surface area contributed by atoms with Crippen molar-refractivity contribution >= 4 is 50.2 Å². The van der Waals surface area contributed by atoms with Crippen LogP contribution in [0, 0.1) is 0 Å². The maximum absolute atomic E-state index is 13.3. The first-order chi connectivity index (χ1) is 16.0. The highest BCUT2D eigenvalue weighted by Gasteiger charge is 2.15. The number of anilines is 1. The lowest BCUT2D eigenvalue weighted by atomic mass is 10.2. The Labute approximate surface area is 202 Å². The van der Waals surface area contributed by atoms with Crippen molar-refractivity contribution in [3.63, 3.8) is 0 Å². The molecule has 0 unspecified atom stereocenters. The van der Waals surface area contributed by atoms with Crippen LogP contribution in [0.15, 0.2) is 81.2 Å². The number of amides is 1. The third kappa shape index (κ3) is 5.04. The van der Waals surface area contributed by atoms with Crippen LogP contribution in [-0.2, 0) is 4.79 Å². The molecule has 0 aliphatic carbocycles. The number of thioether (sulfide) groups is 1. The molecule has 4 aromatic rings. The zero-order chi connectivity index (χ0) is 23.4. The van der Waals surface area contributed by atoms with E-state index >= 15 is 0 Å². The zero-order valence-corrected chi connectivity index (χ0v) is 20.3. The summed E-state index contributed by atoms with van der Waals surface area (Å²) >= 11 is 4.61. The number of halogens is 1. The number of carbonyl (C=O) groups is 1. The van der Waals surface area contributed by atoms with E-state index in [2.05, 4.69) is 26.2 Å². The molecule has 3 aromatic carbocycles. The van der Waals surface area contributed by atoms with E-state index in [-0.39, 0.29) is 17.2 Å². The number of hydrogen-bond acceptors (Lipinski definition) is 6. The van der Waals surface area contributed by atoms with Crippen molar-refractivity contribution in [1.29, 1.82) is 0 Å². The smallest absolute Gasteiger partial charge is 0.266 e. The van der Waals surface area contributed by atoms with Gasteiger partial charge in [-0.2, -0.15) is 0 Å². The third-order valence-electron chi connectivity index (χ3n) is 4.83. The number of benzene rings is 3. The van der Waals surface area contributed by atoms with Crippen molar-refractivity contribution in [3.8, 4) is 17.2 Å². The average molecular weight is 526 g/mol. The number of nitrogens with zero attached hydrogens (tertiary/aromatic N) is 2. The average Bonchev–Trinajstić information content (AvgIpc) is 2.83. The van der Waals surface area contributed by atoms with Crippen LogP contribution in [0.4, 0.5) is 5.69 Å². The Morgan fingerprint density at radius 1 is 1.03 bits per heavy atom. The van der Waals surface area contributed by atoms with E-state index in [1.54, 1.807) is 43.5 Å². The molecule has 168 valence electrons. The van der Waals surface area contributed by atoms with Crippen LogP contribution < -0.4 is 20.3 Å². The van der Waals surface area contributed by atoms with Crippen LogP contribution in [0.2, 0.25) is 0 Å². The highest BCUT2D eigenvalue weighted by atomic mass is 79.9. The molecule has 0 saturated carbocycles. The maximum Gasteiger partial charge on any atom is 0.266 e. The normalized spacial score (nSPS) is 10.8. The Hall–Kier alpha value is -3.30. The summed E-state index contributed by atoms with van der Waals surface area (Å²) < 4.78 is 12.9. The number of fused-ring (bicyclic) bond motifs is 1. The standard InChI is InChI=1S/C24H20BrN3O4S/c1-31-20-12-9-16(13-21(20)32-2)26-22(29)14-33-24-27-19-6-4-3-5-18(19)23(30)28(24)17-10-7-15(25)8-11-17/h3-13H,14H2,1-2H3,(H,26,29). The van der Waals surface area contributed by atoms with Gasteiger partial charge in [0.1, 0.15) is 0 Å². The summed E-state index contributed by atoms with van der Waals surface area (Å²) in [6.07, 6.45) is 0. The summed E-state index contributed by atoms with van der Waals surface area (Å²) in [4.78, 5) is 30.6. The zero-order valence-electron chi connectivity index (χ0n) is 17.9. The number of nitrogens with one attached hydrogen (secondary N) is 1. The molecular formula is C24H20BrN3O4S. The summed E-state index contributed by atoms with van der Waals surface area (Å²) in [7, 11) is 3.08. The molecule has 4 rings (SSSR count). The first kappa shape index (κ1) is 22.9. The molecule has 0 fully saturated rings. The lowest BCUT2D eigenvalue weighted by Crippen LogP contribution is -2.23. The van der Waals surface area contributed by atoms with Gasteiger partial charge in [0, 0.05) is 16.2 Å². The number of ether oxygens (including phenoxy) is 2. The van der Waals surface area contributed by atoms with Gasteiger partial charge in [-0.3, -0.25) is 14.2 Å². The molecule has 1 amide bonds. The highest BCUT2D eigenvalue weighted by Crippen LogP contribution is 2.30. The molecule has 0 aliphatic heterocycles. The lowest BCUT2D eigenvalue weighted by Gasteiger charge is -2.14. The molecule has 33 heavy (non-hydrogen) atoms. The molecule has 0 aliphatic rings. The highest BCUT2D eigenvalue weighted by molar-refractivity contribution is 9.10. The number of aromatic nitrogens is 2. The van der Waals surface area contributed by atoms with E-state index < -0.39 is 0 Å². The molecule has 1 aromatic heterocycles. The second kappa shape index (κ2) is 10.1. The lowest BCUT2D eigenvalue weighted by molar-refractivity contribution is -0.113. The van der Waals surface area contributed by atoms with E-state index in [4.69, 9.17) is 9.47 Å². The van der Waals surface area contributed by atoms with Crippen LogP contribution in [-0.4, -0.2) is 35.4 Å². The van der Waals surface area contributed by atoms with Gasteiger partial charge < -0.3 is 14.8 Å². The molecule has 0 atom stereocenters. The van der Waals surface area contributed by atoms with Crippen molar-refractivity contribution in [2.45, 2.75) is 5.16 Å². The summed E-state index contributed by atoms with van der Waals surface area (Å²) in [5.74, 6) is 0.916. The van der Waals surface area contributed by atoms with Crippen molar-refractivity contribution < 1.29 is 14.3 Å². The first-order valence-electron chi connectivity index (χ1n) is 9.92.